The van der Waals surface area contributed by atoms with E-state index in [9.17, 15) is 9.59 Å². The number of amides is 2. The van der Waals surface area contributed by atoms with Gasteiger partial charge in [-0.05, 0) is 31.6 Å². The van der Waals surface area contributed by atoms with E-state index in [0.717, 1.165) is 19.4 Å². The first kappa shape index (κ1) is 14.3. The monoisotopic (exact) mass is 267 g/mol. The fourth-order valence-corrected chi connectivity index (χ4v) is 2.84. The number of carbonyl (C=O) groups excluding carboxylic acids is 2. The second-order valence-corrected chi connectivity index (χ2v) is 5.76. The summed E-state index contributed by atoms with van der Waals surface area (Å²) in [5, 5.41) is 2.58. The lowest BCUT2D eigenvalue weighted by atomic mass is 9.89. The van der Waals surface area contributed by atoms with Gasteiger partial charge in [0.15, 0.2) is 0 Å². The highest BCUT2D eigenvalue weighted by molar-refractivity contribution is 5.85. The van der Waals surface area contributed by atoms with E-state index in [1.807, 2.05) is 4.90 Å². The average Bonchev–Trinajstić information content (AvgIpc) is 3.27. The molecule has 0 aromatic heterocycles. The van der Waals surface area contributed by atoms with Crippen LogP contribution in [-0.4, -0.2) is 42.4 Å². The van der Waals surface area contributed by atoms with Crippen LogP contribution in [0.1, 0.15) is 44.9 Å². The molecule has 0 unspecified atom stereocenters. The Hall–Kier alpha value is -1.10. The summed E-state index contributed by atoms with van der Waals surface area (Å²) in [4.78, 5) is 25.3. The van der Waals surface area contributed by atoms with Gasteiger partial charge < -0.3 is 16.0 Å². The van der Waals surface area contributed by atoms with Crippen molar-refractivity contribution < 1.29 is 9.59 Å². The maximum absolute atomic E-state index is 12.2. The van der Waals surface area contributed by atoms with Crippen molar-refractivity contribution in [1.29, 1.82) is 0 Å². The van der Waals surface area contributed by atoms with Gasteiger partial charge in [-0.25, -0.2) is 0 Å². The van der Waals surface area contributed by atoms with Crippen LogP contribution in [0.2, 0.25) is 0 Å². The van der Waals surface area contributed by atoms with E-state index in [2.05, 4.69) is 5.32 Å². The molecule has 0 aromatic rings. The summed E-state index contributed by atoms with van der Waals surface area (Å²) in [5.41, 5.74) is 5.22. The number of nitrogens with one attached hydrogen (secondary N) is 1. The summed E-state index contributed by atoms with van der Waals surface area (Å²) >= 11 is 0. The lowest BCUT2D eigenvalue weighted by Gasteiger charge is -2.30. The van der Waals surface area contributed by atoms with Gasteiger partial charge >= 0.3 is 0 Å². The van der Waals surface area contributed by atoms with E-state index in [0.29, 0.717) is 12.0 Å². The van der Waals surface area contributed by atoms with Crippen molar-refractivity contribution in [3.8, 4) is 0 Å². The Morgan fingerprint density at radius 2 is 1.79 bits per heavy atom. The van der Waals surface area contributed by atoms with Crippen molar-refractivity contribution in [3.63, 3.8) is 0 Å². The summed E-state index contributed by atoms with van der Waals surface area (Å²) in [6.45, 7) is 0.917. The SMILES string of the molecule is NCC(=O)NCC(=O)N(CC1CCCCC1)C1CC1. The van der Waals surface area contributed by atoms with Crippen LogP contribution in [0.4, 0.5) is 0 Å². The predicted octanol–water partition coefficient (Wildman–Crippen LogP) is 0.633. The summed E-state index contributed by atoms with van der Waals surface area (Å²) in [6.07, 6.45) is 8.63. The van der Waals surface area contributed by atoms with Gasteiger partial charge in [0, 0.05) is 12.6 Å². The lowest BCUT2D eigenvalue weighted by Crippen LogP contribution is -2.44. The molecule has 0 radical (unpaired) electrons. The first-order chi connectivity index (χ1) is 9.20. The van der Waals surface area contributed by atoms with Gasteiger partial charge in [-0.15, -0.1) is 0 Å². The zero-order chi connectivity index (χ0) is 13.7. The Labute approximate surface area is 114 Å². The summed E-state index contributed by atoms with van der Waals surface area (Å²) in [7, 11) is 0. The largest absolute Gasteiger partial charge is 0.346 e. The van der Waals surface area contributed by atoms with Crippen molar-refractivity contribution in [2.24, 2.45) is 11.7 Å². The third-order valence-corrected chi connectivity index (χ3v) is 4.11. The van der Waals surface area contributed by atoms with Crippen LogP contribution < -0.4 is 11.1 Å². The average molecular weight is 267 g/mol. The molecule has 5 nitrogen and oxygen atoms in total. The number of rotatable bonds is 6. The van der Waals surface area contributed by atoms with Crippen molar-refractivity contribution in [2.45, 2.75) is 51.0 Å². The molecule has 2 rings (SSSR count). The van der Waals surface area contributed by atoms with Crippen LogP contribution in [-0.2, 0) is 9.59 Å². The molecule has 2 fully saturated rings. The fourth-order valence-electron chi connectivity index (χ4n) is 2.84. The van der Waals surface area contributed by atoms with Crippen molar-refractivity contribution >= 4 is 11.8 Å². The molecule has 0 atom stereocenters. The molecule has 108 valence electrons. The molecule has 2 aliphatic rings. The minimum Gasteiger partial charge on any atom is -0.346 e. The second-order valence-electron chi connectivity index (χ2n) is 5.76. The molecule has 0 bridgehead atoms. The van der Waals surface area contributed by atoms with Gasteiger partial charge in [-0.2, -0.15) is 0 Å². The molecule has 2 saturated carbocycles. The van der Waals surface area contributed by atoms with Crippen LogP contribution in [0.25, 0.3) is 0 Å². The molecule has 0 aliphatic heterocycles. The Bertz CT molecular complexity index is 323. The van der Waals surface area contributed by atoms with E-state index in [-0.39, 0.29) is 24.9 Å². The van der Waals surface area contributed by atoms with Gasteiger partial charge in [0.25, 0.3) is 0 Å². The van der Waals surface area contributed by atoms with Gasteiger partial charge in [0.2, 0.25) is 11.8 Å². The van der Waals surface area contributed by atoms with Crippen LogP contribution in [0.3, 0.4) is 0 Å². The lowest BCUT2D eigenvalue weighted by molar-refractivity contribution is -0.133. The standard InChI is InChI=1S/C14H25N3O2/c15-8-13(18)16-9-14(19)17(12-6-7-12)10-11-4-2-1-3-5-11/h11-12H,1-10,15H2,(H,16,18). The molecule has 0 saturated heterocycles. The van der Waals surface area contributed by atoms with E-state index >= 15 is 0 Å². The molecular formula is C14H25N3O2. The number of hydrogen-bond acceptors (Lipinski definition) is 3. The number of nitrogens with zero attached hydrogens (tertiary/aromatic N) is 1. The van der Waals surface area contributed by atoms with Gasteiger partial charge in [0.1, 0.15) is 0 Å². The molecular weight excluding hydrogens is 242 g/mol. The zero-order valence-corrected chi connectivity index (χ0v) is 11.6. The first-order valence-electron chi connectivity index (χ1n) is 7.47. The molecule has 2 aliphatic carbocycles. The quantitative estimate of drug-likeness (QED) is 0.741. The zero-order valence-electron chi connectivity index (χ0n) is 11.6. The highest BCUT2D eigenvalue weighted by Gasteiger charge is 2.34. The first-order valence-corrected chi connectivity index (χ1v) is 7.47. The van der Waals surface area contributed by atoms with Gasteiger partial charge in [-0.1, -0.05) is 19.3 Å². The van der Waals surface area contributed by atoms with Gasteiger partial charge in [0.05, 0.1) is 13.1 Å². The van der Waals surface area contributed by atoms with Crippen LogP contribution in [0.15, 0.2) is 0 Å². The maximum Gasteiger partial charge on any atom is 0.242 e. The van der Waals surface area contributed by atoms with Crippen molar-refractivity contribution in [2.75, 3.05) is 19.6 Å². The molecule has 0 spiro atoms. The van der Waals surface area contributed by atoms with Crippen LogP contribution in [0.5, 0.6) is 0 Å². The minimum absolute atomic E-state index is 0.0508. The van der Waals surface area contributed by atoms with Crippen molar-refractivity contribution in [3.05, 3.63) is 0 Å². The van der Waals surface area contributed by atoms with E-state index in [1.165, 1.54) is 32.1 Å². The van der Waals surface area contributed by atoms with Crippen LogP contribution in [0, 0.1) is 5.92 Å². The molecule has 2 amide bonds. The highest BCUT2D eigenvalue weighted by atomic mass is 16.2. The number of nitrogens with two attached hydrogens (primary N) is 1. The predicted molar refractivity (Wildman–Crippen MR) is 73.4 cm³/mol. The summed E-state index contributed by atoms with van der Waals surface area (Å²) in [6, 6.07) is 0.421. The molecule has 5 heteroatoms. The minimum atomic E-state index is -0.262. The number of carbonyl (C=O) groups is 2. The maximum atomic E-state index is 12.2. The Morgan fingerprint density at radius 1 is 1.11 bits per heavy atom. The Kier molecular flexibility index (Phi) is 5.19. The summed E-state index contributed by atoms with van der Waals surface area (Å²) < 4.78 is 0. The summed E-state index contributed by atoms with van der Waals surface area (Å²) in [5.74, 6) is 0.445. The van der Waals surface area contributed by atoms with E-state index < -0.39 is 0 Å². The number of hydrogen-bond donors (Lipinski definition) is 2. The molecule has 19 heavy (non-hydrogen) atoms. The smallest absolute Gasteiger partial charge is 0.242 e. The Morgan fingerprint density at radius 3 is 2.37 bits per heavy atom. The van der Waals surface area contributed by atoms with E-state index in [1.54, 1.807) is 0 Å². The van der Waals surface area contributed by atoms with Gasteiger partial charge in [-0.3, -0.25) is 9.59 Å². The topological polar surface area (TPSA) is 75.4 Å². The van der Waals surface area contributed by atoms with Crippen LogP contribution >= 0.6 is 0 Å². The molecule has 0 aromatic carbocycles. The second kappa shape index (κ2) is 6.89. The molecule has 0 heterocycles. The van der Waals surface area contributed by atoms with E-state index in [4.69, 9.17) is 5.73 Å². The Balaban J connectivity index is 1.80. The highest BCUT2D eigenvalue weighted by Crippen LogP contribution is 2.31. The molecule has 3 N–H and O–H groups in total. The third-order valence-electron chi connectivity index (χ3n) is 4.11. The third kappa shape index (κ3) is 4.49. The normalized spacial score (nSPS) is 20.1. The fraction of sp³-hybridized carbons (Fsp3) is 0.857. The van der Waals surface area contributed by atoms with Crippen molar-refractivity contribution in [1.82, 2.24) is 10.2 Å².